The predicted octanol–water partition coefficient (Wildman–Crippen LogP) is 3.13. The largest absolute Gasteiger partial charge is 0.505 e. The molecule has 0 aromatic heterocycles. The van der Waals surface area contributed by atoms with Crippen LogP contribution in [0.25, 0.3) is 0 Å². The van der Waals surface area contributed by atoms with E-state index >= 15 is 0 Å². The molecule has 0 saturated carbocycles. The van der Waals surface area contributed by atoms with Crippen LogP contribution in [-0.2, 0) is 6.42 Å². The molecule has 0 amide bonds. The fourth-order valence-corrected chi connectivity index (χ4v) is 4.01. The van der Waals surface area contributed by atoms with Crippen LogP contribution in [0.15, 0.2) is 48.5 Å². The Morgan fingerprint density at radius 1 is 1.07 bits per heavy atom. The Morgan fingerprint density at radius 2 is 1.81 bits per heavy atom. The minimum atomic E-state index is -0.817. The molecule has 1 aliphatic heterocycles. The first-order valence-electron chi connectivity index (χ1n) is 9.60. The van der Waals surface area contributed by atoms with Crippen molar-refractivity contribution >= 4 is 0 Å². The maximum atomic E-state index is 13.5. The fourth-order valence-electron chi connectivity index (χ4n) is 4.01. The number of nitrogens with zero attached hydrogens (tertiary/aromatic N) is 1. The van der Waals surface area contributed by atoms with Crippen LogP contribution in [0, 0.1) is 17.7 Å². The van der Waals surface area contributed by atoms with Crippen molar-refractivity contribution in [2.45, 2.75) is 25.4 Å². The van der Waals surface area contributed by atoms with Crippen LogP contribution in [0.4, 0.5) is 4.39 Å². The standard InChI is InChI=1S/C22H28FNO3/c23-20-11-17(9-10-21(20)26)22(27)14-24-12-18(19(13-24)15-25)8-4-7-16-5-2-1-3-6-16/h1-3,5-6,9-11,18-19,22,25-27H,4,7-8,12-15H2/t18-,19-,22+/m1/s1. The summed E-state index contributed by atoms with van der Waals surface area (Å²) in [6.07, 6.45) is 2.33. The number of halogens is 1. The molecule has 1 aliphatic rings. The molecule has 5 heteroatoms. The van der Waals surface area contributed by atoms with Gasteiger partial charge in [-0.2, -0.15) is 0 Å². The summed E-state index contributed by atoms with van der Waals surface area (Å²) in [6.45, 7) is 2.12. The first-order valence-corrected chi connectivity index (χ1v) is 9.60. The molecular formula is C22H28FNO3. The maximum Gasteiger partial charge on any atom is 0.165 e. The van der Waals surface area contributed by atoms with Gasteiger partial charge in [-0.25, -0.2) is 4.39 Å². The van der Waals surface area contributed by atoms with Gasteiger partial charge in [-0.1, -0.05) is 36.4 Å². The van der Waals surface area contributed by atoms with E-state index in [0.29, 0.717) is 18.0 Å². The molecule has 3 atom stereocenters. The summed E-state index contributed by atoms with van der Waals surface area (Å²) >= 11 is 0. The van der Waals surface area contributed by atoms with Gasteiger partial charge in [0.15, 0.2) is 11.6 Å². The molecule has 146 valence electrons. The minimum absolute atomic E-state index is 0.149. The highest BCUT2D eigenvalue weighted by Crippen LogP contribution is 2.30. The lowest BCUT2D eigenvalue weighted by molar-refractivity contribution is 0.120. The van der Waals surface area contributed by atoms with Gasteiger partial charge in [-0.05, 0) is 54.4 Å². The van der Waals surface area contributed by atoms with E-state index in [1.54, 1.807) is 6.07 Å². The van der Waals surface area contributed by atoms with Crippen molar-refractivity contribution in [2.75, 3.05) is 26.2 Å². The summed E-state index contributed by atoms with van der Waals surface area (Å²) in [5.74, 6) is -0.516. The number of likely N-dealkylation sites (tertiary alicyclic amines) is 1. The predicted molar refractivity (Wildman–Crippen MR) is 103 cm³/mol. The van der Waals surface area contributed by atoms with E-state index in [4.69, 9.17) is 0 Å². The quantitative estimate of drug-likeness (QED) is 0.665. The molecule has 27 heavy (non-hydrogen) atoms. The van der Waals surface area contributed by atoms with E-state index in [1.807, 2.05) is 6.07 Å². The Kier molecular flexibility index (Phi) is 6.83. The number of rotatable bonds is 8. The van der Waals surface area contributed by atoms with Crippen LogP contribution in [0.1, 0.15) is 30.1 Å². The molecule has 0 radical (unpaired) electrons. The Morgan fingerprint density at radius 3 is 2.52 bits per heavy atom. The highest BCUT2D eigenvalue weighted by Gasteiger charge is 2.32. The van der Waals surface area contributed by atoms with Gasteiger partial charge in [0.1, 0.15) is 0 Å². The topological polar surface area (TPSA) is 63.9 Å². The number of aliphatic hydroxyl groups excluding tert-OH is 2. The number of aryl methyl sites for hydroxylation is 1. The van der Waals surface area contributed by atoms with Crippen molar-refractivity contribution in [1.82, 2.24) is 4.90 Å². The van der Waals surface area contributed by atoms with E-state index in [1.165, 1.54) is 17.7 Å². The van der Waals surface area contributed by atoms with Crippen LogP contribution in [0.3, 0.4) is 0 Å². The lowest BCUT2D eigenvalue weighted by atomic mass is 9.91. The first kappa shape index (κ1) is 19.8. The molecule has 0 spiro atoms. The molecule has 2 aromatic rings. The molecular weight excluding hydrogens is 345 g/mol. The number of aliphatic hydroxyl groups is 2. The average Bonchev–Trinajstić information content (AvgIpc) is 3.06. The van der Waals surface area contributed by atoms with Crippen LogP contribution in [0.5, 0.6) is 5.75 Å². The summed E-state index contributed by atoms with van der Waals surface area (Å²) < 4.78 is 13.5. The average molecular weight is 373 g/mol. The Balaban J connectivity index is 1.51. The molecule has 2 aromatic carbocycles. The van der Waals surface area contributed by atoms with Gasteiger partial charge in [-0.15, -0.1) is 0 Å². The fraction of sp³-hybridized carbons (Fsp3) is 0.455. The highest BCUT2D eigenvalue weighted by molar-refractivity contribution is 5.29. The van der Waals surface area contributed by atoms with E-state index in [2.05, 4.69) is 29.2 Å². The van der Waals surface area contributed by atoms with Crippen LogP contribution in [0.2, 0.25) is 0 Å². The first-order chi connectivity index (χ1) is 13.1. The van der Waals surface area contributed by atoms with Crippen molar-refractivity contribution in [1.29, 1.82) is 0 Å². The van der Waals surface area contributed by atoms with Crippen LogP contribution >= 0.6 is 0 Å². The number of aromatic hydroxyl groups is 1. The summed E-state index contributed by atoms with van der Waals surface area (Å²) in [7, 11) is 0. The van der Waals surface area contributed by atoms with Gasteiger partial charge < -0.3 is 15.3 Å². The summed E-state index contributed by atoms with van der Waals surface area (Å²) in [4.78, 5) is 2.14. The minimum Gasteiger partial charge on any atom is -0.505 e. The number of β-amino-alcohol motifs (C(OH)–C–C–N with tert-alkyl or cyclic N) is 1. The molecule has 1 fully saturated rings. The molecule has 3 N–H and O–H groups in total. The van der Waals surface area contributed by atoms with Gasteiger partial charge >= 0.3 is 0 Å². The number of phenols is 1. The molecule has 0 bridgehead atoms. The van der Waals surface area contributed by atoms with Crippen LogP contribution < -0.4 is 0 Å². The van der Waals surface area contributed by atoms with E-state index < -0.39 is 17.7 Å². The SMILES string of the molecule is OC[C@H]1CN(C[C@H](O)c2ccc(O)c(F)c2)C[C@H]1CCCc1ccccc1. The molecule has 1 saturated heterocycles. The monoisotopic (exact) mass is 373 g/mol. The number of benzene rings is 2. The third-order valence-corrected chi connectivity index (χ3v) is 5.56. The van der Waals surface area contributed by atoms with Gasteiger partial charge in [0.25, 0.3) is 0 Å². The van der Waals surface area contributed by atoms with Crippen molar-refractivity contribution in [2.24, 2.45) is 11.8 Å². The third kappa shape index (κ3) is 5.28. The summed E-state index contributed by atoms with van der Waals surface area (Å²) in [6, 6.07) is 14.4. The number of phenolic OH excluding ortho intramolecular Hbond substituents is 1. The molecule has 4 nitrogen and oxygen atoms in total. The van der Waals surface area contributed by atoms with Gasteiger partial charge in [0.2, 0.25) is 0 Å². The summed E-state index contributed by atoms with van der Waals surface area (Å²) in [5, 5.41) is 29.4. The van der Waals surface area contributed by atoms with Gasteiger partial charge in [0.05, 0.1) is 6.10 Å². The third-order valence-electron chi connectivity index (χ3n) is 5.56. The normalized spacial score (nSPS) is 21.4. The zero-order valence-corrected chi connectivity index (χ0v) is 15.5. The number of hydrogen-bond donors (Lipinski definition) is 3. The molecule has 1 heterocycles. The molecule has 0 aliphatic carbocycles. The zero-order chi connectivity index (χ0) is 19.2. The second-order valence-corrected chi connectivity index (χ2v) is 7.53. The second-order valence-electron chi connectivity index (χ2n) is 7.53. The van der Waals surface area contributed by atoms with E-state index in [0.717, 1.165) is 32.4 Å². The van der Waals surface area contributed by atoms with Crippen molar-refractivity contribution < 1.29 is 19.7 Å². The van der Waals surface area contributed by atoms with E-state index in [-0.39, 0.29) is 12.5 Å². The van der Waals surface area contributed by atoms with E-state index in [9.17, 15) is 19.7 Å². The Bertz CT molecular complexity index is 725. The smallest absolute Gasteiger partial charge is 0.165 e. The second kappa shape index (κ2) is 9.31. The molecule has 3 rings (SSSR count). The van der Waals surface area contributed by atoms with Crippen LogP contribution in [-0.4, -0.2) is 46.5 Å². The van der Waals surface area contributed by atoms with Gasteiger partial charge in [-0.3, -0.25) is 4.90 Å². The zero-order valence-electron chi connectivity index (χ0n) is 15.5. The molecule has 0 unspecified atom stereocenters. The van der Waals surface area contributed by atoms with Gasteiger partial charge in [0, 0.05) is 26.2 Å². The Labute approximate surface area is 159 Å². The number of hydrogen-bond acceptors (Lipinski definition) is 4. The lowest BCUT2D eigenvalue weighted by Gasteiger charge is -2.20. The highest BCUT2D eigenvalue weighted by atomic mass is 19.1. The Hall–Kier alpha value is -1.95. The van der Waals surface area contributed by atoms with Crippen molar-refractivity contribution in [3.63, 3.8) is 0 Å². The summed E-state index contributed by atoms with van der Waals surface area (Å²) in [5.41, 5.74) is 1.79. The lowest BCUT2D eigenvalue weighted by Crippen LogP contribution is -2.27. The van der Waals surface area contributed by atoms with Crippen molar-refractivity contribution in [3.8, 4) is 5.75 Å². The maximum absolute atomic E-state index is 13.5. The van der Waals surface area contributed by atoms with Crippen molar-refractivity contribution in [3.05, 3.63) is 65.5 Å².